The van der Waals surface area contributed by atoms with E-state index in [0.717, 1.165) is 10.6 Å². The molecule has 0 amide bonds. The van der Waals surface area contributed by atoms with Crippen LogP contribution >= 0.6 is 23.4 Å². The summed E-state index contributed by atoms with van der Waals surface area (Å²) in [5.74, 6) is 0.357. The zero-order valence-electron chi connectivity index (χ0n) is 14.3. The quantitative estimate of drug-likeness (QED) is 0.440. The first-order valence-corrected chi connectivity index (χ1v) is 9.96. The predicted molar refractivity (Wildman–Crippen MR) is 103 cm³/mol. The lowest BCUT2D eigenvalue weighted by Crippen LogP contribution is -2.30. The van der Waals surface area contributed by atoms with Crippen molar-refractivity contribution in [3.05, 3.63) is 47.5 Å². The van der Waals surface area contributed by atoms with E-state index >= 15 is 0 Å². The van der Waals surface area contributed by atoms with Gasteiger partial charge in [-0.15, -0.1) is 0 Å². The van der Waals surface area contributed by atoms with Crippen molar-refractivity contribution in [3.8, 4) is 0 Å². The van der Waals surface area contributed by atoms with Crippen LogP contribution in [-0.4, -0.2) is 53.7 Å². The molecule has 0 radical (unpaired) electrons. The second-order valence-electron chi connectivity index (χ2n) is 6.64. The Morgan fingerprint density at radius 1 is 1.11 bits per heavy atom. The Balaban J connectivity index is 1.59. The molecule has 0 aliphatic heterocycles. The highest BCUT2D eigenvalue weighted by Gasteiger charge is 2.42. The molecule has 0 spiro atoms. The molecular weight excluding hydrogens is 388 g/mol. The third-order valence-corrected chi connectivity index (χ3v) is 6.28. The van der Waals surface area contributed by atoms with Crippen molar-refractivity contribution in [2.45, 2.75) is 35.4 Å². The van der Waals surface area contributed by atoms with E-state index in [0.29, 0.717) is 28.4 Å². The van der Waals surface area contributed by atoms with E-state index in [9.17, 15) is 15.3 Å². The summed E-state index contributed by atoms with van der Waals surface area (Å²) in [6.07, 6.45) is 1.62. The number of hydrogen-bond donors (Lipinski definition) is 3. The van der Waals surface area contributed by atoms with Crippen molar-refractivity contribution in [2.75, 3.05) is 6.61 Å². The van der Waals surface area contributed by atoms with Crippen molar-refractivity contribution in [1.29, 1.82) is 0 Å². The Morgan fingerprint density at radius 2 is 1.89 bits per heavy atom. The molecule has 4 atom stereocenters. The maximum Gasteiger partial charge on any atom is 0.164 e. The Kier molecular flexibility index (Phi) is 5.34. The summed E-state index contributed by atoms with van der Waals surface area (Å²) in [5, 5.41) is 31.3. The van der Waals surface area contributed by atoms with Gasteiger partial charge in [0.1, 0.15) is 23.0 Å². The van der Waals surface area contributed by atoms with Gasteiger partial charge in [-0.3, -0.25) is 0 Å². The van der Waals surface area contributed by atoms with Crippen molar-refractivity contribution < 1.29 is 15.3 Å². The molecule has 1 saturated carbocycles. The van der Waals surface area contributed by atoms with Crippen molar-refractivity contribution in [2.24, 2.45) is 5.92 Å². The number of fused-ring (bicyclic) bond motifs is 1. The van der Waals surface area contributed by atoms with E-state index < -0.39 is 12.2 Å². The van der Waals surface area contributed by atoms with Crippen molar-refractivity contribution in [3.63, 3.8) is 0 Å². The van der Waals surface area contributed by atoms with Gasteiger partial charge >= 0.3 is 0 Å². The van der Waals surface area contributed by atoms with E-state index in [1.165, 1.54) is 6.33 Å². The highest BCUT2D eigenvalue weighted by Crippen LogP contribution is 2.37. The maximum atomic E-state index is 10.4. The smallest absolute Gasteiger partial charge is 0.164 e. The molecule has 3 aromatic rings. The fraction of sp³-hybridized carbons (Fsp3) is 0.389. The van der Waals surface area contributed by atoms with Gasteiger partial charge < -0.3 is 19.9 Å². The zero-order chi connectivity index (χ0) is 19.0. The van der Waals surface area contributed by atoms with Crippen LogP contribution in [0, 0.1) is 5.92 Å². The van der Waals surface area contributed by atoms with Crippen LogP contribution in [0.5, 0.6) is 0 Å². The van der Waals surface area contributed by atoms with Gasteiger partial charge in [0.05, 0.1) is 18.5 Å². The number of aliphatic hydroxyl groups excluding tert-OH is 3. The first-order valence-electron chi connectivity index (χ1n) is 8.60. The number of thioether (sulfide) groups is 1. The molecule has 2 aromatic heterocycles. The van der Waals surface area contributed by atoms with Crippen LogP contribution in [0.1, 0.15) is 18.0 Å². The number of aromatic nitrogens is 4. The first kappa shape index (κ1) is 18.6. The molecule has 0 saturated heterocycles. The molecule has 142 valence electrons. The minimum absolute atomic E-state index is 0.168. The van der Waals surface area contributed by atoms with Gasteiger partial charge in [-0.25, -0.2) is 15.0 Å². The maximum absolute atomic E-state index is 10.4. The molecule has 9 heteroatoms. The largest absolute Gasteiger partial charge is 0.396 e. The molecule has 27 heavy (non-hydrogen) atoms. The zero-order valence-corrected chi connectivity index (χ0v) is 15.9. The lowest BCUT2D eigenvalue weighted by Gasteiger charge is -2.18. The second-order valence-corrected chi connectivity index (χ2v) is 8.05. The number of hydrogen-bond acceptors (Lipinski definition) is 7. The summed E-state index contributed by atoms with van der Waals surface area (Å²) in [6, 6.07) is 7.26. The number of imidazole rings is 1. The molecule has 4 rings (SSSR count). The molecule has 0 unspecified atom stereocenters. The summed E-state index contributed by atoms with van der Waals surface area (Å²) >= 11 is 7.47. The average Bonchev–Trinajstić information content (AvgIpc) is 3.23. The van der Waals surface area contributed by atoms with Crippen molar-refractivity contribution in [1.82, 2.24) is 19.5 Å². The summed E-state index contributed by atoms with van der Waals surface area (Å²) in [7, 11) is 0. The lowest BCUT2D eigenvalue weighted by atomic mass is 10.1. The summed E-state index contributed by atoms with van der Waals surface area (Å²) < 4.78 is 1.77. The summed E-state index contributed by atoms with van der Waals surface area (Å²) in [6.45, 7) is -0.168. The Hall–Kier alpha value is -1.71. The number of aliphatic hydroxyl groups is 3. The second kappa shape index (κ2) is 7.73. The van der Waals surface area contributed by atoms with Gasteiger partial charge in [0, 0.05) is 23.3 Å². The number of halogens is 1. The van der Waals surface area contributed by atoms with Gasteiger partial charge in [-0.2, -0.15) is 0 Å². The monoisotopic (exact) mass is 406 g/mol. The van der Waals surface area contributed by atoms with Gasteiger partial charge in [0.15, 0.2) is 5.65 Å². The minimum Gasteiger partial charge on any atom is -0.396 e. The van der Waals surface area contributed by atoms with E-state index in [4.69, 9.17) is 11.6 Å². The Labute approximate surface area is 165 Å². The predicted octanol–water partition coefficient (Wildman–Crippen LogP) is 2.05. The summed E-state index contributed by atoms with van der Waals surface area (Å²) in [5.41, 5.74) is 2.39. The number of benzene rings is 1. The summed E-state index contributed by atoms with van der Waals surface area (Å²) in [4.78, 5) is 13.1. The third-order valence-electron chi connectivity index (χ3n) is 4.98. The van der Waals surface area contributed by atoms with Crippen LogP contribution in [-0.2, 0) is 5.75 Å². The fourth-order valence-corrected chi connectivity index (χ4v) is 4.49. The van der Waals surface area contributed by atoms with Crippen LogP contribution in [0.15, 0.2) is 41.9 Å². The minimum atomic E-state index is -0.973. The molecule has 7 nitrogen and oxygen atoms in total. The molecule has 1 aromatic carbocycles. The van der Waals surface area contributed by atoms with E-state index in [2.05, 4.69) is 15.0 Å². The molecule has 0 bridgehead atoms. The standard InChI is InChI=1S/C18H19ClN4O3S/c19-12-3-1-10(2-4-12)7-27-18-14-17(20-8-21-18)23(9-22-14)13-5-11(6-24)15(25)16(13)26/h1-4,8-9,11,13,15-16,24-26H,5-7H2/t11-,13-,15-,16+/m1/s1. The lowest BCUT2D eigenvalue weighted by molar-refractivity contribution is -0.00370. The first-order chi connectivity index (χ1) is 13.1. The van der Waals surface area contributed by atoms with Crippen LogP contribution in [0.2, 0.25) is 5.02 Å². The fourth-order valence-electron chi connectivity index (χ4n) is 3.47. The molecular formula is C18H19ClN4O3S. The Bertz CT molecular complexity index is 936. The van der Waals surface area contributed by atoms with Crippen molar-refractivity contribution >= 4 is 34.5 Å². The van der Waals surface area contributed by atoms with Crippen LogP contribution in [0.25, 0.3) is 11.2 Å². The van der Waals surface area contributed by atoms with Gasteiger partial charge in [-0.05, 0) is 24.1 Å². The average molecular weight is 407 g/mol. The molecule has 2 heterocycles. The van der Waals surface area contributed by atoms with E-state index in [1.807, 2.05) is 24.3 Å². The Morgan fingerprint density at radius 3 is 2.59 bits per heavy atom. The molecule has 1 fully saturated rings. The van der Waals surface area contributed by atoms with E-state index in [1.54, 1.807) is 22.7 Å². The molecule has 1 aliphatic rings. The highest BCUT2D eigenvalue weighted by molar-refractivity contribution is 7.98. The number of nitrogens with zero attached hydrogens (tertiary/aromatic N) is 4. The van der Waals surface area contributed by atoms with Crippen LogP contribution in [0.4, 0.5) is 0 Å². The van der Waals surface area contributed by atoms with Gasteiger partial charge in [0.25, 0.3) is 0 Å². The molecule has 3 N–H and O–H groups in total. The van der Waals surface area contributed by atoms with Gasteiger partial charge in [0.2, 0.25) is 0 Å². The topological polar surface area (TPSA) is 104 Å². The molecule has 1 aliphatic carbocycles. The van der Waals surface area contributed by atoms with Crippen LogP contribution in [0.3, 0.4) is 0 Å². The SMILES string of the molecule is OC[C@H]1C[C@@H](n2cnc3c(SCc4ccc(Cl)cc4)ncnc32)[C@H](O)[C@@H]1O. The third kappa shape index (κ3) is 3.55. The van der Waals surface area contributed by atoms with Gasteiger partial charge in [-0.1, -0.05) is 35.5 Å². The van der Waals surface area contributed by atoms with Crippen LogP contribution < -0.4 is 0 Å². The number of rotatable bonds is 5. The normalized spacial score (nSPS) is 25.3. The van der Waals surface area contributed by atoms with E-state index in [-0.39, 0.29) is 18.6 Å². The highest BCUT2D eigenvalue weighted by atomic mass is 35.5.